The van der Waals surface area contributed by atoms with Crippen LogP contribution in [0.4, 0.5) is 0 Å². The Labute approximate surface area is 281 Å². The second kappa shape index (κ2) is 12.8. The fraction of sp³-hybridized carbons (Fsp3) is 0.485. The SMILES string of the molecule is CCN1C(=O)CC(NC2CC(OC3CC(O)(C(C)=O)Cc4c(O)c5c(c(O)c43)C(=O)c3c(OC)cccc3C5=O)OC(C)C2O)C1=O.Cl. The average molecular weight is 689 g/mol. The monoisotopic (exact) mass is 688 g/mol. The minimum absolute atomic E-state index is 0. The van der Waals surface area contributed by atoms with Gasteiger partial charge in [-0.25, -0.2) is 0 Å². The van der Waals surface area contributed by atoms with Crippen LogP contribution in [0.5, 0.6) is 17.2 Å². The van der Waals surface area contributed by atoms with E-state index in [0.29, 0.717) is 0 Å². The number of aliphatic hydroxyl groups is 2. The number of ether oxygens (including phenoxy) is 3. The van der Waals surface area contributed by atoms with Crippen molar-refractivity contribution in [1.82, 2.24) is 10.2 Å². The number of imide groups is 1. The topological polar surface area (TPSA) is 209 Å². The van der Waals surface area contributed by atoms with Crippen LogP contribution < -0.4 is 10.1 Å². The van der Waals surface area contributed by atoms with Crippen molar-refractivity contribution in [1.29, 1.82) is 0 Å². The molecule has 48 heavy (non-hydrogen) atoms. The summed E-state index contributed by atoms with van der Waals surface area (Å²) in [6, 6.07) is 2.72. The van der Waals surface area contributed by atoms with Crippen LogP contribution in [0.1, 0.15) is 89.1 Å². The van der Waals surface area contributed by atoms with E-state index in [1.165, 1.54) is 25.3 Å². The van der Waals surface area contributed by atoms with Gasteiger partial charge in [0.2, 0.25) is 17.6 Å². The van der Waals surface area contributed by atoms with E-state index in [2.05, 4.69) is 5.32 Å². The molecule has 0 spiro atoms. The van der Waals surface area contributed by atoms with E-state index in [1.807, 2.05) is 0 Å². The molecule has 258 valence electrons. The summed E-state index contributed by atoms with van der Waals surface area (Å²) in [6.45, 7) is 4.62. The zero-order chi connectivity index (χ0) is 34.1. The first-order valence-electron chi connectivity index (χ1n) is 15.4. The predicted molar refractivity (Wildman–Crippen MR) is 167 cm³/mol. The Morgan fingerprint density at radius 2 is 1.79 bits per heavy atom. The van der Waals surface area contributed by atoms with Crippen molar-refractivity contribution in [2.24, 2.45) is 0 Å². The molecule has 4 aliphatic rings. The Kier molecular flexibility index (Phi) is 9.47. The fourth-order valence-electron chi connectivity index (χ4n) is 7.19. The van der Waals surface area contributed by atoms with Crippen LogP contribution in [-0.2, 0) is 30.3 Å². The molecule has 2 fully saturated rings. The van der Waals surface area contributed by atoms with Gasteiger partial charge in [0.15, 0.2) is 17.9 Å². The fourth-order valence-corrected chi connectivity index (χ4v) is 7.19. The number of aromatic hydroxyl groups is 2. The Bertz CT molecular complexity index is 1730. The molecule has 0 radical (unpaired) electrons. The largest absolute Gasteiger partial charge is 0.507 e. The number of benzene rings is 2. The van der Waals surface area contributed by atoms with Crippen LogP contribution in [0.25, 0.3) is 0 Å². The number of fused-ring (bicyclic) bond motifs is 3. The number of amides is 2. The number of phenols is 2. The zero-order valence-corrected chi connectivity index (χ0v) is 27.5. The van der Waals surface area contributed by atoms with Crippen LogP contribution in [0.15, 0.2) is 18.2 Å². The van der Waals surface area contributed by atoms with Gasteiger partial charge in [-0.1, -0.05) is 12.1 Å². The van der Waals surface area contributed by atoms with Crippen molar-refractivity contribution in [3.8, 4) is 17.2 Å². The lowest BCUT2D eigenvalue weighted by atomic mass is 9.72. The number of methoxy groups -OCH3 is 1. The quantitative estimate of drug-likeness (QED) is 0.175. The molecular weight excluding hydrogens is 652 g/mol. The van der Waals surface area contributed by atoms with Gasteiger partial charge in [-0.05, 0) is 26.8 Å². The highest BCUT2D eigenvalue weighted by Crippen LogP contribution is 2.52. The van der Waals surface area contributed by atoms with E-state index < -0.39 is 101 Å². The van der Waals surface area contributed by atoms with Crippen LogP contribution in [0.2, 0.25) is 0 Å². The number of hydrogen-bond donors (Lipinski definition) is 5. The molecular formula is C33H37ClN2O12. The number of likely N-dealkylation sites (tertiary alicyclic amines) is 1. The van der Waals surface area contributed by atoms with Crippen molar-refractivity contribution >= 4 is 41.6 Å². The second-order valence-electron chi connectivity index (χ2n) is 12.5. The summed E-state index contributed by atoms with van der Waals surface area (Å²) >= 11 is 0. The van der Waals surface area contributed by atoms with E-state index in [1.54, 1.807) is 13.8 Å². The molecule has 0 aromatic heterocycles. The van der Waals surface area contributed by atoms with Gasteiger partial charge in [-0.3, -0.25) is 34.2 Å². The van der Waals surface area contributed by atoms with Gasteiger partial charge in [0, 0.05) is 48.5 Å². The number of aliphatic hydroxyl groups excluding tert-OH is 1. The number of halogens is 1. The average Bonchev–Trinajstić information content (AvgIpc) is 3.30. The number of rotatable bonds is 7. The van der Waals surface area contributed by atoms with Crippen LogP contribution in [-0.4, -0.2) is 104 Å². The first-order valence-corrected chi connectivity index (χ1v) is 15.4. The molecule has 14 nitrogen and oxygen atoms in total. The molecule has 2 aliphatic heterocycles. The number of carbonyl (C=O) groups excluding carboxylic acids is 5. The predicted octanol–water partition coefficient (Wildman–Crippen LogP) is 1.23. The summed E-state index contributed by atoms with van der Waals surface area (Å²) in [6.07, 6.45) is -5.47. The number of phenolic OH excluding ortho intramolecular Hbond substituents is 2. The number of nitrogens with zero attached hydrogens (tertiary/aromatic N) is 1. The van der Waals surface area contributed by atoms with Crippen molar-refractivity contribution in [2.75, 3.05) is 13.7 Å². The van der Waals surface area contributed by atoms with Gasteiger partial charge in [0.1, 0.15) is 22.8 Å². The lowest BCUT2D eigenvalue weighted by molar-refractivity contribution is -0.250. The van der Waals surface area contributed by atoms with Gasteiger partial charge in [-0.15, -0.1) is 12.4 Å². The minimum Gasteiger partial charge on any atom is -0.507 e. The van der Waals surface area contributed by atoms with Crippen LogP contribution in [0, 0.1) is 0 Å². The van der Waals surface area contributed by atoms with Crippen LogP contribution >= 0.6 is 12.4 Å². The summed E-state index contributed by atoms with van der Waals surface area (Å²) in [5.41, 5.74) is -3.41. The van der Waals surface area contributed by atoms with Gasteiger partial charge in [0.05, 0.1) is 54.6 Å². The van der Waals surface area contributed by atoms with E-state index in [0.717, 1.165) is 11.8 Å². The highest BCUT2D eigenvalue weighted by atomic mass is 35.5. The van der Waals surface area contributed by atoms with E-state index in [9.17, 15) is 44.4 Å². The smallest absolute Gasteiger partial charge is 0.246 e. The van der Waals surface area contributed by atoms with Crippen molar-refractivity contribution in [3.63, 3.8) is 0 Å². The Hall–Kier alpha value is -3.92. The molecule has 5 N–H and O–H groups in total. The lowest BCUT2D eigenvalue weighted by Crippen LogP contribution is -2.57. The third-order valence-corrected chi connectivity index (χ3v) is 9.73. The number of hydrogen-bond acceptors (Lipinski definition) is 13. The maximum absolute atomic E-state index is 13.8. The van der Waals surface area contributed by atoms with E-state index >= 15 is 0 Å². The summed E-state index contributed by atoms with van der Waals surface area (Å²) in [7, 11) is 1.32. The summed E-state index contributed by atoms with van der Waals surface area (Å²) < 4.78 is 17.5. The third-order valence-electron chi connectivity index (χ3n) is 9.73. The highest BCUT2D eigenvalue weighted by Gasteiger charge is 2.50. The van der Waals surface area contributed by atoms with Crippen molar-refractivity contribution in [3.05, 3.63) is 51.6 Å². The molecule has 2 aromatic rings. The number of likely N-dealkylation sites (N-methyl/N-ethyl adjacent to an activating group) is 1. The summed E-state index contributed by atoms with van der Waals surface area (Å²) in [5, 5.41) is 48.6. The van der Waals surface area contributed by atoms with Gasteiger partial charge >= 0.3 is 0 Å². The zero-order valence-electron chi connectivity index (χ0n) is 26.6. The van der Waals surface area contributed by atoms with Gasteiger partial charge in [-0.2, -0.15) is 0 Å². The van der Waals surface area contributed by atoms with Gasteiger partial charge in [0.25, 0.3) is 0 Å². The van der Waals surface area contributed by atoms with Crippen molar-refractivity contribution < 1.29 is 58.6 Å². The third kappa shape index (κ3) is 5.46. The first-order chi connectivity index (χ1) is 22.2. The maximum atomic E-state index is 13.8. The Morgan fingerprint density at radius 1 is 1.10 bits per heavy atom. The molecule has 7 unspecified atom stereocenters. The molecule has 6 rings (SSSR count). The van der Waals surface area contributed by atoms with Crippen LogP contribution in [0.3, 0.4) is 0 Å². The molecule has 2 saturated heterocycles. The maximum Gasteiger partial charge on any atom is 0.246 e. The number of carbonyl (C=O) groups is 5. The van der Waals surface area contributed by atoms with E-state index in [-0.39, 0.29) is 65.7 Å². The molecule has 0 bridgehead atoms. The number of Topliss-reactive ketones (excluding diaryl/α,β-unsaturated/α-hetero) is 1. The minimum atomic E-state index is -2.09. The van der Waals surface area contributed by atoms with Gasteiger partial charge < -0.3 is 34.6 Å². The normalized spacial score (nSPS) is 29.6. The molecule has 2 aromatic carbocycles. The highest BCUT2D eigenvalue weighted by molar-refractivity contribution is 6.31. The number of ketones is 3. The summed E-state index contributed by atoms with van der Waals surface area (Å²) in [4.78, 5) is 66.4. The first kappa shape index (κ1) is 35.4. The lowest BCUT2D eigenvalue weighted by Gasteiger charge is -2.43. The molecule has 2 aliphatic carbocycles. The molecule has 0 saturated carbocycles. The van der Waals surface area contributed by atoms with Crippen molar-refractivity contribution in [2.45, 2.75) is 88.7 Å². The molecule has 2 amide bonds. The number of nitrogens with one attached hydrogen (secondary N) is 1. The Morgan fingerprint density at radius 3 is 2.42 bits per heavy atom. The molecule has 2 heterocycles. The van der Waals surface area contributed by atoms with E-state index in [4.69, 9.17) is 14.2 Å². The standard InChI is InChI=1S/C33H36N2O12.ClH/c1-5-35-21(37)9-18(32(35)43)34-17-10-22(46-13(2)27(17)38)47-20-12-33(44,14(3)36)11-16-24(20)31(42)26-25(29(16)40)28(39)15-7-6-8-19(45-4)23(15)30(26)41;/h6-8,13,17-18,20,22,27,34,38,40,42,44H,5,9-12H2,1-4H3;1H. The molecule has 7 atom stereocenters. The molecule has 15 heteroatoms. The second-order valence-corrected chi connectivity index (χ2v) is 12.5. The summed E-state index contributed by atoms with van der Waals surface area (Å²) in [5.74, 6) is -4.20. The Balaban J connectivity index is 0.00000451.